The first-order chi connectivity index (χ1) is 7.33. The van der Waals surface area contributed by atoms with Crippen LogP contribution >= 0.6 is 0 Å². The van der Waals surface area contributed by atoms with Gasteiger partial charge in [-0.2, -0.15) is 0 Å². The molecule has 0 aromatic heterocycles. The Labute approximate surface area is 91.2 Å². The fourth-order valence-electron chi connectivity index (χ4n) is 1.22. The largest absolute Gasteiger partial charge is 0.396 e. The minimum absolute atomic E-state index is 0.0942. The highest BCUT2D eigenvalue weighted by molar-refractivity contribution is 5.13. The maximum absolute atomic E-state index is 8.59. The number of aliphatic hydroxyl groups excluding tert-OH is 1. The van der Waals surface area contributed by atoms with Crippen molar-refractivity contribution in [3.63, 3.8) is 0 Å². The molecule has 1 atom stereocenters. The van der Waals surface area contributed by atoms with Gasteiger partial charge in [0.1, 0.15) is 0 Å². The lowest BCUT2D eigenvalue weighted by Gasteiger charge is -2.08. The molecule has 1 aromatic carbocycles. The monoisotopic (exact) mass is 206 g/mol. The van der Waals surface area contributed by atoms with Crippen LogP contribution in [0.15, 0.2) is 42.5 Å². The zero-order chi connectivity index (χ0) is 10.9. The Bertz CT molecular complexity index is 280. The first-order valence-corrected chi connectivity index (χ1v) is 5.26. The van der Waals surface area contributed by atoms with Crippen LogP contribution in [0.25, 0.3) is 0 Å². The van der Waals surface area contributed by atoms with E-state index in [1.54, 1.807) is 0 Å². The van der Waals surface area contributed by atoms with Crippen molar-refractivity contribution < 1.29 is 9.84 Å². The highest BCUT2D eigenvalue weighted by Gasteiger charge is 1.97. The Kier molecular flexibility index (Phi) is 5.74. The van der Waals surface area contributed by atoms with E-state index >= 15 is 0 Å². The Morgan fingerprint density at radius 2 is 2.07 bits per heavy atom. The summed E-state index contributed by atoms with van der Waals surface area (Å²) in [4.78, 5) is 0. The van der Waals surface area contributed by atoms with Gasteiger partial charge in [0.05, 0.1) is 12.7 Å². The number of rotatable bonds is 6. The van der Waals surface area contributed by atoms with Crippen LogP contribution in [0.4, 0.5) is 0 Å². The molecule has 15 heavy (non-hydrogen) atoms. The lowest BCUT2D eigenvalue weighted by atomic mass is 10.2. The van der Waals surface area contributed by atoms with Crippen LogP contribution in [0.1, 0.15) is 18.9 Å². The Morgan fingerprint density at radius 3 is 2.73 bits per heavy atom. The third-order valence-electron chi connectivity index (χ3n) is 2.06. The van der Waals surface area contributed by atoms with Crippen molar-refractivity contribution in [2.75, 3.05) is 6.61 Å². The third kappa shape index (κ3) is 5.35. The van der Waals surface area contributed by atoms with Crippen LogP contribution in [0.3, 0.4) is 0 Å². The molecule has 2 nitrogen and oxygen atoms in total. The van der Waals surface area contributed by atoms with Crippen molar-refractivity contribution in [1.29, 1.82) is 0 Å². The van der Waals surface area contributed by atoms with E-state index in [1.807, 2.05) is 49.4 Å². The highest BCUT2D eigenvalue weighted by atomic mass is 16.5. The standard InChI is InChI=1S/C13H18O2/c1-12(7-5-6-10-14)15-11-13-8-3-2-4-9-13/h2-5,7-9,12,14H,6,10-11H2,1H3/b7-5-/t12-/m0/s1. The van der Waals surface area contributed by atoms with E-state index in [9.17, 15) is 0 Å². The molecule has 2 heteroatoms. The number of hydrogen-bond acceptors (Lipinski definition) is 2. The normalized spacial score (nSPS) is 13.2. The zero-order valence-electron chi connectivity index (χ0n) is 9.10. The molecular formula is C13H18O2. The van der Waals surface area contributed by atoms with Gasteiger partial charge in [-0.3, -0.25) is 0 Å². The van der Waals surface area contributed by atoms with Gasteiger partial charge in [0, 0.05) is 6.61 Å². The summed E-state index contributed by atoms with van der Waals surface area (Å²) >= 11 is 0. The molecule has 0 bridgehead atoms. The maximum Gasteiger partial charge on any atom is 0.0732 e. The molecule has 0 saturated heterocycles. The van der Waals surface area contributed by atoms with Crippen molar-refractivity contribution in [3.05, 3.63) is 48.0 Å². The molecule has 0 radical (unpaired) electrons. The van der Waals surface area contributed by atoms with E-state index in [0.29, 0.717) is 13.0 Å². The molecule has 0 amide bonds. The van der Waals surface area contributed by atoms with E-state index in [-0.39, 0.29) is 12.7 Å². The molecule has 0 unspecified atom stereocenters. The van der Waals surface area contributed by atoms with Gasteiger partial charge in [0.15, 0.2) is 0 Å². The van der Waals surface area contributed by atoms with Crippen LogP contribution in [0, 0.1) is 0 Å². The molecule has 1 N–H and O–H groups in total. The maximum atomic E-state index is 8.59. The second-order valence-electron chi connectivity index (χ2n) is 3.44. The lowest BCUT2D eigenvalue weighted by Crippen LogP contribution is -2.04. The molecule has 0 spiro atoms. The molecular weight excluding hydrogens is 188 g/mol. The van der Waals surface area contributed by atoms with Crippen molar-refractivity contribution in [1.82, 2.24) is 0 Å². The van der Waals surface area contributed by atoms with Crippen LogP contribution in [-0.2, 0) is 11.3 Å². The van der Waals surface area contributed by atoms with Gasteiger partial charge in [-0.1, -0.05) is 42.5 Å². The van der Waals surface area contributed by atoms with E-state index in [1.165, 1.54) is 5.56 Å². The number of benzene rings is 1. The molecule has 1 rings (SSSR count). The molecule has 1 aromatic rings. The van der Waals surface area contributed by atoms with E-state index < -0.39 is 0 Å². The fraction of sp³-hybridized carbons (Fsp3) is 0.385. The SMILES string of the molecule is C[C@@H](/C=C\CCO)OCc1ccccc1. The first kappa shape index (κ1) is 12.0. The zero-order valence-corrected chi connectivity index (χ0v) is 9.10. The Balaban J connectivity index is 2.25. The molecule has 0 aliphatic heterocycles. The van der Waals surface area contributed by atoms with Crippen molar-refractivity contribution in [2.45, 2.75) is 26.1 Å². The van der Waals surface area contributed by atoms with Gasteiger partial charge < -0.3 is 9.84 Å². The molecule has 0 fully saturated rings. The summed E-state index contributed by atoms with van der Waals surface area (Å²) in [6, 6.07) is 10.1. The van der Waals surface area contributed by atoms with Gasteiger partial charge in [0.25, 0.3) is 0 Å². The fourth-order valence-corrected chi connectivity index (χ4v) is 1.22. The summed E-state index contributed by atoms with van der Waals surface area (Å²) in [7, 11) is 0. The molecule has 0 aliphatic carbocycles. The second kappa shape index (κ2) is 7.21. The van der Waals surface area contributed by atoms with Crippen molar-refractivity contribution in [3.8, 4) is 0 Å². The summed E-state index contributed by atoms with van der Waals surface area (Å²) in [6.45, 7) is 2.82. The van der Waals surface area contributed by atoms with Crippen LogP contribution < -0.4 is 0 Å². The van der Waals surface area contributed by atoms with Gasteiger partial charge in [-0.05, 0) is 18.9 Å². The summed E-state index contributed by atoms with van der Waals surface area (Å²) in [6.07, 6.45) is 4.70. The first-order valence-electron chi connectivity index (χ1n) is 5.26. The Hall–Kier alpha value is -1.12. The molecule has 0 aliphatic rings. The summed E-state index contributed by atoms with van der Waals surface area (Å²) in [5, 5.41) is 8.59. The highest BCUT2D eigenvalue weighted by Crippen LogP contribution is 2.04. The molecule has 0 saturated carbocycles. The summed E-state index contributed by atoms with van der Waals surface area (Å²) < 4.78 is 5.61. The van der Waals surface area contributed by atoms with Crippen LogP contribution in [0.5, 0.6) is 0 Å². The second-order valence-corrected chi connectivity index (χ2v) is 3.44. The van der Waals surface area contributed by atoms with Crippen LogP contribution in [0.2, 0.25) is 0 Å². The van der Waals surface area contributed by atoms with Gasteiger partial charge in [-0.15, -0.1) is 0 Å². The summed E-state index contributed by atoms with van der Waals surface area (Å²) in [5.41, 5.74) is 1.18. The Morgan fingerprint density at radius 1 is 1.33 bits per heavy atom. The van der Waals surface area contributed by atoms with E-state index in [0.717, 1.165) is 0 Å². The number of aliphatic hydroxyl groups is 1. The quantitative estimate of drug-likeness (QED) is 0.725. The molecule has 0 heterocycles. The number of ether oxygens (including phenoxy) is 1. The smallest absolute Gasteiger partial charge is 0.0732 e. The topological polar surface area (TPSA) is 29.5 Å². The minimum Gasteiger partial charge on any atom is -0.396 e. The van der Waals surface area contributed by atoms with Crippen molar-refractivity contribution in [2.24, 2.45) is 0 Å². The molecule has 82 valence electrons. The third-order valence-corrected chi connectivity index (χ3v) is 2.06. The van der Waals surface area contributed by atoms with Gasteiger partial charge >= 0.3 is 0 Å². The lowest BCUT2D eigenvalue weighted by molar-refractivity contribution is 0.0838. The predicted molar refractivity (Wildman–Crippen MR) is 61.5 cm³/mol. The van der Waals surface area contributed by atoms with Crippen molar-refractivity contribution >= 4 is 0 Å². The predicted octanol–water partition coefficient (Wildman–Crippen LogP) is 2.53. The average Bonchev–Trinajstić information content (AvgIpc) is 2.28. The minimum atomic E-state index is 0.0942. The van der Waals surface area contributed by atoms with Gasteiger partial charge in [-0.25, -0.2) is 0 Å². The van der Waals surface area contributed by atoms with E-state index in [4.69, 9.17) is 9.84 Å². The average molecular weight is 206 g/mol. The number of hydrogen-bond donors (Lipinski definition) is 1. The van der Waals surface area contributed by atoms with E-state index in [2.05, 4.69) is 0 Å². The van der Waals surface area contributed by atoms with Crippen LogP contribution in [-0.4, -0.2) is 17.8 Å². The van der Waals surface area contributed by atoms with Gasteiger partial charge in [0.2, 0.25) is 0 Å². The summed E-state index contributed by atoms with van der Waals surface area (Å²) in [5.74, 6) is 0.